The van der Waals surface area contributed by atoms with Gasteiger partial charge in [0.1, 0.15) is 0 Å². The fraction of sp³-hybridized carbons (Fsp3) is 0.154. The highest BCUT2D eigenvalue weighted by Crippen LogP contribution is 2.21. The second-order valence-electron chi connectivity index (χ2n) is 3.87. The number of carbonyl (C=O) groups excluding carboxylic acids is 1. The molecular formula is C13H13NOS. The molecule has 0 aliphatic heterocycles. The predicted octanol–water partition coefficient (Wildman–Crippen LogP) is 3.18. The van der Waals surface area contributed by atoms with Crippen molar-refractivity contribution in [1.29, 1.82) is 0 Å². The van der Waals surface area contributed by atoms with Crippen molar-refractivity contribution < 1.29 is 4.79 Å². The first kappa shape index (κ1) is 10.9. The van der Waals surface area contributed by atoms with Gasteiger partial charge in [0.25, 0.3) is 0 Å². The molecule has 82 valence electrons. The molecule has 0 aliphatic carbocycles. The highest BCUT2D eigenvalue weighted by molar-refractivity contribution is 7.08. The van der Waals surface area contributed by atoms with Crippen molar-refractivity contribution in [3.63, 3.8) is 0 Å². The van der Waals surface area contributed by atoms with Gasteiger partial charge < -0.3 is 5.73 Å². The Labute approximate surface area is 98.7 Å². The molecule has 1 aromatic heterocycles. The Kier molecular flexibility index (Phi) is 2.79. The van der Waals surface area contributed by atoms with E-state index in [1.165, 1.54) is 0 Å². The molecule has 0 fully saturated rings. The van der Waals surface area contributed by atoms with E-state index >= 15 is 0 Å². The molecular weight excluding hydrogens is 218 g/mol. The van der Waals surface area contributed by atoms with Gasteiger partial charge in [0.05, 0.1) is 0 Å². The maximum atomic E-state index is 12.2. The highest BCUT2D eigenvalue weighted by atomic mass is 32.1. The number of anilines is 1. The molecule has 2 nitrogen and oxygen atoms in total. The van der Waals surface area contributed by atoms with E-state index in [0.29, 0.717) is 5.69 Å². The van der Waals surface area contributed by atoms with Crippen molar-refractivity contribution >= 4 is 22.8 Å². The lowest BCUT2D eigenvalue weighted by Gasteiger charge is -2.05. The number of thiophene rings is 1. The summed E-state index contributed by atoms with van der Waals surface area (Å²) in [7, 11) is 0. The molecule has 0 bridgehead atoms. The van der Waals surface area contributed by atoms with E-state index < -0.39 is 0 Å². The summed E-state index contributed by atoms with van der Waals surface area (Å²) >= 11 is 1.55. The molecule has 16 heavy (non-hydrogen) atoms. The molecule has 0 atom stereocenters. The summed E-state index contributed by atoms with van der Waals surface area (Å²) in [4.78, 5) is 12.2. The van der Waals surface area contributed by atoms with Crippen LogP contribution in [-0.4, -0.2) is 5.78 Å². The summed E-state index contributed by atoms with van der Waals surface area (Å²) in [6.45, 7) is 3.86. The van der Waals surface area contributed by atoms with Gasteiger partial charge in [-0.05, 0) is 48.6 Å². The highest BCUT2D eigenvalue weighted by Gasteiger charge is 2.14. The predicted molar refractivity (Wildman–Crippen MR) is 68.1 cm³/mol. The average molecular weight is 231 g/mol. The second-order valence-corrected chi connectivity index (χ2v) is 4.62. The smallest absolute Gasteiger partial charge is 0.194 e. The molecule has 2 rings (SSSR count). The summed E-state index contributed by atoms with van der Waals surface area (Å²) in [6, 6.07) is 5.39. The first-order chi connectivity index (χ1) is 7.59. The lowest BCUT2D eigenvalue weighted by atomic mass is 9.98. The normalized spacial score (nSPS) is 10.4. The standard InChI is InChI=1S/C13H13NOS/c1-8-5-10(14)3-4-11(8)13(15)12-7-16-6-9(12)2/h3-7H,14H2,1-2H3. The van der Waals surface area contributed by atoms with E-state index in [-0.39, 0.29) is 5.78 Å². The van der Waals surface area contributed by atoms with Crippen LogP contribution >= 0.6 is 11.3 Å². The van der Waals surface area contributed by atoms with Crippen LogP contribution in [0.25, 0.3) is 0 Å². The number of rotatable bonds is 2. The second kappa shape index (κ2) is 4.10. The Morgan fingerprint density at radius 3 is 2.44 bits per heavy atom. The van der Waals surface area contributed by atoms with Gasteiger partial charge in [-0.25, -0.2) is 0 Å². The zero-order valence-electron chi connectivity index (χ0n) is 9.28. The SMILES string of the molecule is Cc1cc(N)ccc1C(=O)c1cscc1C. The van der Waals surface area contributed by atoms with Crippen LogP contribution in [0.4, 0.5) is 5.69 Å². The van der Waals surface area contributed by atoms with Gasteiger partial charge in [-0.15, -0.1) is 0 Å². The molecule has 1 aromatic carbocycles. The van der Waals surface area contributed by atoms with Gasteiger partial charge in [0.2, 0.25) is 0 Å². The first-order valence-electron chi connectivity index (χ1n) is 5.03. The summed E-state index contributed by atoms with van der Waals surface area (Å²) in [5.41, 5.74) is 9.84. The van der Waals surface area contributed by atoms with Gasteiger partial charge in [-0.1, -0.05) is 0 Å². The number of nitrogen functional groups attached to an aromatic ring is 1. The van der Waals surface area contributed by atoms with Crippen molar-refractivity contribution in [1.82, 2.24) is 0 Å². The molecule has 0 saturated carbocycles. The van der Waals surface area contributed by atoms with Crippen LogP contribution in [0.3, 0.4) is 0 Å². The molecule has 0 radical (unpaired) electrons. The van der Waals surface area contributed by atoms with E-state index in [1.54, 1.807) is 23.5 Å². The molecule has 3 heteroatoms. The molecule has 0 amide bonds. The monoisotopic (exact) mass is 231 g/mol. The van der Waals surface area contributed by atoms with Crippen molar-refractivity contribution in [3.05, 3.63) is 51.2 Å². The molecule has 2 N–H and O–H groups in total. The van der Waals surface area contributed by atoms with Crippen LogP contribution in [0, 0.1) is 13.8 Å². The average Bonchev–Trinajstić information content (AvgIpc) is 2.63. The largest absolute Gasteiger partial charge is 0.399 e. The number of hydrogen-bond donors (Lipinski definition) is 1. The van der Waals surface area contributed by atoms with E-state index in [9.17, 15) is 4.79 Å². The molecule has 0 spiro atoms. The Morgan fingerprint density at radius 1 is 1.12 bits per heavy atom. The van der Waals surface area contributed by atoms with Crippen LogP contribution in [0.2, 0.25) is 0 Å². The fourth-order valence-corrected chi connectivity index (χ4v) is 2.51. The topological polar surface area (TPSA) is 43.1 Å². The van der Waals surface area contributed by atoms with Crippen LogP contribution in [0.1, 0.15) is 27.0 Å². The summed E-state index contributed by atoms with van der Waals surface area (Å²) in [6.07, 6.45) is 0. The fourth-order valence-electron chi connectivity index (χ4n) is 1.68. The summed E-state index contributed by atoms with van der Waals surface area (Å²) in [5.74, 6) is 0.0799. The summed E-state index contributed by atoms with van der Waals surface area (Å²) < 4.78 is 0. The Balaban J connectivity index is 2.46. The van der Waals surface area contributed by atoms with E-state index in [4.69, 9.17) is 5.73 Å². The Bertz CT molecular complexity index is 543. The van der Waals surface area contributed by atoms with Gasteiger partial charge in [-0.3, -0.25) is 4.79 Å². The minimum atomic E-state index is 0.0799. The van der Waals surface area contributed by atoms with E-state index in [1.807, 2.05) is 30.7 Å². The van der Waals surface area contributed by atoms with Crippen molar-refractivity contribution in [2.75, 3.05) is 5.73 Å². The Morgan fingerprint density at radius 2 is 1.88 bits per heavy atom. The maximum Gasteiger partial charge on any atom is 0.194 e. The van der Waals surface area contributed by atoms with Crippen LogP contribution < -0.4 is 5.73 Å². The van der Waals surface area contributed by atoms with E-state index in [2.05, 4.69) is 0 Å². The lowest BCUT2D eigenvalue weighted by Crippen LogP contribution is -2.04. The number of benzene rings is 1. The molecule has 0 aliphatic rings. The van der Waals surface area contributed by atoms with Gasteiger partial charge >= 0.3 is 0 Å². The lowest BCUT2D eigenvalue weighted by molar-refractivity contribution is 0.103. The van der Waals surface area contributed by atoms with Gasteiger partial charge in [0.15, 0.2) is 5.78 Å². The minimum Gasteiger partial charge on any atom is -0.399 e. The van der Waals surface area contributed by atoms with Crippen molar-refractivity contribution in [2.45, 2.75) is 13.8 Å². The van der Waals surface area contributed by atoms with E-state index in [0.717, 1.165) is 22.3 Å². The minimum absolute atomic E-state index is 0.0799. The third-order valence-corrected chi connectivity index (χ3v) is 3.46. The van der Waals surface area contributed by atoms with Crippen LogP contribution in [-0.2, 0) is 0 Å². The number of carbonyl (C=O) groups is 1. The van der Waals surface area contributed by atoms with Gasteiger partial charge in [0, 0.05) is 22.2 Å². The maximum absolute atomic E-state index is 12.2. The number of ketones is 1. The van der Waals surface area contributed by atoms with Crippen LogP contribution in [0.15, 0.2) is 29.0 Å². The third kappa shape index (κ3) is 1.86. The number of nitrogens with two attached hydrogens (primary N) is 1. The summed E-state index contributed by atoms with van der Waals surface area (Å²) in [5, 5.41) is 3.88. The quantitative estimate of drug-likeness (QED) is 0.637. The van der Waals surface area contributed by atoms with Crippen molar-refractivity contribution in [3.8, 4) is 0 Å². The third-order valence-electron chi connectivity index (χ3n) is 2.60. The van der Waals surface area contributed by atoms with Gasteiger partial charge in [-0.2, -0.15) is 11.3 Å². The Hall–Kier alpha value is -1.61. The zero-order valence-corrected chi connectivity index (χ0v) is 10.1. The molecule has 1 heterocycles. The molecule has 0 saturated heterocycles. The molecule has 0 unspecified atom stereocenters. The number of aryl methyl sites for hydroxylation is 2. The zero-order chi connectivity index (χ0) is 11.7. The van der Waals surface area contributed by atoms with Crippen LogP contribution in [0.5, 0.6) is 0 Å². The first-order valence-corrected chi connectivity index (χ1v) is 5.97. The number of hydrogen-bond acceptors (Lipinski definition) is 3. The molecule has 2 aromatic rings. The van der Waals surface area contributed by atoms with Crippen molar-refractivity contribution in [2.24, 2.45) is 0 Å².